The Labute approximate surface area is 204 Å². The number of thiazole rings is 1. The third-order valence-corrected chi connectivity index (χ3v) is 7.59. The van der Waals surface area contributed by atoms with E-state index in [1.54, 1.807) is 18.2 Å². The van der Waals surface area contributed by atoms with Gasteiger partial charge in [0.1, 0.15) is 11.3 Å². The molecule has 1 saturated carbocycles. The number of carbonyl (C=O) groups excluding carboxylic acids is 1. The van der Waals surface area contributed by atoms with Crippen molar-refractivity contribution in [2.75, 3.05) is 16.4 Å². The predicted octanol–water partition coefficient (Wildman–Crippen LogP) is 6.05. The fourth-order valence-electron chi connectivity index (χ4n) is 3.87. The fourth-order valence-corrected chi connectivity index (χ4v) is 5.45. The third-order valence-electron chi connectivity index (χ3n) is 5.83. The number of hydrogen-bond donors (Lipinski definition) is 3. The zero-order chi connectivity index (χ0) is 23.1. The maximum absolute atomic E-state index is 12.6. The van der Waals surface area contributed by atoms with Gasteiger partial charge < -0.3 is 16.4 Å². The van der Waals surface area contributed by atoms with E-state index in [9.17, 15) is 4.79 Å². The summed E-state index contributed by atoms with van der Waals surface area (Å²) in [5, 5.41) is 9.79. The summed E-state index contributed by atoms with van der Waals surface area (Å²) in [6.07, 6.45) is 7.79. The van der Waals surface area contributed by atoms with Gasteiger partial charge in [-0.05, 0) is 67.1 Å². The maximum Gasteiger partial charge on any atom is 0.265 e. The van der Waals surface area contributed by atoms with Gasteiger partial charge in [0.25, 0.3) is 5.91 Å². The molecule has 7 nitrogen and oxygen atoms in total. The van der Waals surface area contributed by atoms with E-state index in [-0.39, 0.29) is 5.91 Å². The van der Waals surface area contributed by atoms with Crippen LogP contribution in [0.2, 0.25) is 0 Å². The number of benzene rings is 1. The molecule has 0 aliphatic heterocycles. The van der Waals surface area contributed by atoms with Gasteiger partial charge in [0, 0.05) is 11.6 Å². The second kappa shape index (κ2) is 8.58. The summed E-state index contributed by atoms with van der Waals surface area (Å²) in [5.74, 6) is 0.659. The smallest absolute Gasteiger partial charge is 0.265 e. The number of fused-ring (bicyclic) bond motifs is 1. The highest BCUT2D eigenvalue weighted by Crippen LogP contribution is 2.34. The van der Waals surface area contributed by atoms with Crippen LogP contribution >= 0.6 is 22.7 Å². The van der Waals surface area contributed by atoms with Crippen LogP contribution in [0.15, 0.2) is 66.3 Å². The van der Waals surface area contributed by atoms with E-state index in [4.69, 9.17) is 10.7 Å². The summed E-state index contributed by atoms with van der Waals surface area (Å²) in [6.45, 7) is 0. The molecule has 170 valence electrons. The number of nitrogens with zero attached hydrogens (tertiary/aromatic N) is 3. The minimum Gasteiger partial charge on any atom is -0.397 e. The van der Waals surface area contributed by atoms with Crippen LogP contribution in [-0.2, 0) is 6.42 Å². The number of nitrogens with one attached hydrogen (secondary N) is 2. The standard InChI is InChI=1S/C25H22N6OS2/c26-17-3-1-2-4-18(17)28-24(32)21-7-8-23(34-21)30-25-29-19(14-33-25)20-13-27-22-12-16(9-10-31(20)22)11-15-5-6-15/h1-4,7-10,12-15H,5-6,11,26H2,(H,28,32)(H,29,30). The Bertz CT molecular complexity index is 1500. The topological polar surface area (TPSA) is 97.3 Å². The largest absolute Gasteiger partial charge is 0.397 e. The highest BCUT2D eigenvalue weighted by molar-refractivity contribution is 7.19. The number of carbonyl (C=O) groups is 1. The third kappa shape index (κ3) is 4.27. The van der Waals surface area contributed by atoms with Gasteiger partial charge >= 0.3 is 0 Å². The van der Waals surface area contributed by atoms with Crippen molar-refractivity contribution in [2.45, 2.75) is 19.3 Å². The first-order chi connectivity index (χ1) is 16.6. The first kappa shape index (κ1) is 20.9. The number of nitrogens with two attached hydrogens (primary N) is 1. The highest BCUT2D eigenvalue weighted by Gasteiger charge is 2.22. The molecule has 1 fully saturated rings. The normalized spacial score (nSPS) is 13.3. The molecule has 0 bridgehead atoms. The van der Waals surface area contributed by atoms with Crippen LogP contribution in [0.1, 0.15) is 28.1 Å². The Kier molecular flexibility index (Phi) is 5.27. The summed E-state index contributed by atoms with van der Waals surface area (Å²) < 4.78 is 2.08. The average Bonchev–Trinajstić information content (AvgIpc) is 3.21. The Morgan fingerprint density at radius 1 is 1.18 bits per heavy atom. The minimum absolute atomic E-state index is 0.192. The molecule has 1 amide bonds. The zero-order valence-electron chi connectivity index (χ0n) is 18.2. The van der Waals surface area contributed by atoms with Gasteiger partial charge in [0.05, 0.1) is 33.1 Å². The van der Waals surface area contributed by atoms with Gasteiger partial charge in [0.2, 0.25) is 0 Å². The lowest BCUT2D eigenvalue weighted by atomic mass is 10.1. The summed E-state index contributed by atoms with van der Waals surface area (Å²) in [6, 6.07) is 15.2. The number of hydrogen-bond acceptors (Lipinski definition) is 7. The van der Waals surface area contributed by atoms with Crippen LogP contribution < -0.4 is 16.4 Å². The van der Waals surface area contributed by atoms with E-state index in [0.717, 1.165) is 39.5 Å². The van der Waals surface area contributed by atoms with Crippen molar-refractivity contribution in [3.05, 3.63) is 76.7 Å². The molecule has 0 radical (unpaired) electrons. The van der Waals surface area contributed by atoms with Crippen molar-refractivity contribution in [1.82, 2.24) is 14.4 Å². The molecule has 1 aliphatic rings. The molecule has 1 aliphatic carbocycles. The summed E-state index contributed by atoms with van der Waals surface area (Å²) in [7, 11) is 0. The van der Waals surface area contributed by atoms with Gasteiger partial charge in [-0.25, -0.2) is 9.97 Å². The lowest BCUT2D eigenvalue weighted by molar-refractivity contribution is 0.103. The number of aromatic nitrogens is 3. The molecule has 0 spiro atoms. The number of thiophene rings is 1. The summed E-state index contributed by atoms with van der Waals surface area (Å²) in [5.41, 5.74) is 11.2. The van der Waals surface area contributed by atoms with Crippen molar-refractivity contribution in [3.63, 3.8) is 0 Å². The molecule has 4 heterocycles. The number of imidazole rings is 1. The van der Waals surface area contributed by atoms with Gasteiger partial charge in [-0.1, -0.05) is 12.1 Å². The molecule has 5 aromatic rings. The molecule has 4 N–H and O–H groups in total. The van der Waals surface area contributed by atoms with E-state index in [1.165, 1.54) is 41.1 Å². The number of nitrogen functional groups attached to an aromatic ring is 1. The Morgan fingerprint density at radius 3 is 2.91 bits per heavy atom. The van der Waals surface area contributed by atoms with Gasteiger partial charge in [-0.15, -0.1) is 22.7 Å². The molecule has 6 rings (SSSR count). The predicted molar refractivity (Wildman–Crippen MR) is 139 cm³/mol. The molecule has 1 aromatic carbocycles. The Hall–Kier alpha value is -3.69. The Morgan fingerprint density at radius 2 is 2.06 bits per heavy atom. The second-order valence-corrected chi connectivity index (χ2v) is 10.4. The average molecular weight is 487 g/mol. The molecule has 0 unspecified atom stereocenters. The van der Waals surface area contributed by atoms with E-state index in [0.29, 0.717) is 16.3 Å². The molecule has 0 atom stereocenters. The SMILES string of the molecule is Nc1ccccc1NC(=O)c1ccc(Nc2nc(-c3cnc4cc(CC5CC5)ccn34)cs2)s1. The van der Waals surface area contributed by atoms with Crippen LogP contribution in [0, 0.1) is 5.92 Å². The number of anilines is 4. The van der Waals surface area contributed by atoms with Crippen molar-refractivity contribution >= 4 is 55.7 Å². The second-order valence-electron chi connectivity index (χ2n) is 8.42. The van der Waals surface area contributed by atoms with Gasteiger partial charge in [-0.2, -0.15) is 0 Å². The highest BCUT2D eigenvalue weighted by atomic mass is 32.1. The van der Waals surface area contributed by atoms with Crippen molar-refractivity contribution in [1.29, 1.82) is 0 Å². The van der Waals surface area contributed by atoms with Crippen LogP contribution in [0.3, 0.4) is 0 Å². The van der Waals surface area contributed by atoms with E-state index in [2.05, 4.69) is 38.3 Å². The van der Waals surface area contributed by atoms with Crippen molar-refractivity contribution in [3.8, 4) is 11.4 Å². The molecule has 34 heavy (non-hydrogen) atoms. The monoisotopic (exact) mass is 486 g/mol. The molecule has 4 aromatic heterocycles. The van der Waals surface area contributed by atoms with E-state index < -0.39 is 0 Å². The Balaban J connectivity index is 1.16. The molecular formula is C25H22N6OS2. The lowest BCUT2D eigenvalue weighted by Crippen LogP contribution is -2.11. The van der Waals surface area contributed by atoms with Crippen molar-refractivity contribution in [2.24, 2.45) is 5.92 Å². The number of pyridine rings is 1. The van der Waals surface area contributed by atoms with Gasteiger partial charge in [0.15, 0.2) is 5.13 Å². The first-order valence-corrected chi connectivity index (χ1v) is 12.8. The van der Waals surface area contributed by atoms with Crippen LogP contribution in [0.5, 0.6) is 0 Å². The van der Waals surface area contributed by atoms with Crippen LogP contribution in [-0.4, -0.2) is 20.3 Å². The minimum atomic E-state index is -0.192. The number of amides is 1. The van der Waals surface area contributed by atoms with E-state index in [1.807, 2.05) is 29.8 Å². The summed E-state index contributed by atoms with van der Waals surface area (Å²) >= 11 is 2.89. The first-order valence-electron chi connectivity index (χ1n) is 11.1. The molecular weight excluding hydrogens is 464 g/mol. The summed E-state index contributed by atoms with van der Waals surface area (Å²) in [4.78, 5) is 22.5. The number of rotatable bonds is 7. The lowest BCUT2D eigenvalue weighted by Gasteiger charge is -2.06. The van der Waals surface area contributed by atoms with E-state index >= 15 is 0 Å². The fraction of sp³-hybridized carbons (Fsp3) is 0.160. The molecule has 0 saturated heterocycles. The quantitative estimate of drug-likeness (QED) is 0.243. The van der Waals surface area contributed by atoms with Gasteiger partial charge in [-0.3, -0.25) is 9.20 Å². The van der Waals surface area contributed by atoms with Crippen LogP contribution in [0.4, 0.5) is 21.5 Å². The zero-order valence-corrected chi connectivity index (χ0v) is 19.8. The van der Waals surface area contributed by atoms with Crippen molar-refractivity contribution < 1.29 is 4.79 Å². The molecule has 9 heteroatoms. The number of para-hydroxylation sites is 2. The van der Waals surface area contributed by atoms with Crippen LogP contribution in [0.25, 0.3) is 17.0 Å². The maximum atomic E-state index is 12.6.